The normalized spacial score (nSPS) is 12.0. The summed E-state index contributed by atoms with van der Waals surface area (Å²) >= 11 is 0. The maximum Gasteiger partial charge on any atom is 0.169 e. The molecule has 0 saturated heterocycles. The van der Waals surface area contributed by atoms with Crippen LogP contribution in [0.5, 0.6) is 5.75 Å². The van der Waals surface area contributed by atoms with E-state index in [1.807, 2.05) is 0 Å². The van der Waals surface area contributed by atoms with Crippen molar-refractivity contribution in [3.63, 3.8) is 0 Å². The topological polar surface area (TPSA) is 85.7 Å². The van der Waals surface area contributed by atoms with Crippen molar-refractivity contribution in [2.75, 3.05) is 38.9 Å². The highest BCUT2D eigenvalue weighted by Gasteiger charge is 2.12. The summed E-state index contributed by atoms with van der Waals surface area (Å²) in [5.41, 5.74) is 1.07. The molecule has 0 aliphatic carbocycles. The van der Waals surface area contributed by atoms with Crippen LogP contribution >= 0.6 is 0 Å². The second-order valence-corrected chi connectivity index (χ2v) is 5.23. The van der Waals surface area contributed by atoms with Gasteiger partial charge in [-0.05, 0) is 19.1 Å². The van der Waals surface area contributed by atoms with Crippen LogP contribution in [0, 0.1) is 12.7 Å². The van der Waals surface area contributed by atoms with Crippen molar-refractivity contribution in [2.45, 2.75) is 13.2 Å². The highest BCUT2D eigenvalue weighted by Crippen LogP contribution is 2.20. The second kappa shape index (κ2) is 9.87. The van der Waals surface area contributed by atoms with Crippen LogP contribution in [0.4, 0.5) is 10.2 Å². The summed E-state index contributed by atoms with van der Waals surface area (Å²) in [6, 6.07) is 6.08. The minimum Gasteiger partial charge on any atom is -0.491 e. The lowest BCUT2D eigenvalue weighted by atomic mass is 10.2. The summed E-state index contributed by atoms with van der Waals surface area (Å²) in [5, 5.41) is 13.0. The summed E-state index contributed by atoms with van der Waals surface area (Å²) in [6.07, 6.45) is -0.0326. The molecule has 0 aliphatic heterocycles. The number of aryl methyl sites for hydroxylation is 1. The van der Waals surface area contributed by atoms with E-state index in [1.54, 1.807) is 26.2 Å². The molecule has 1 unspecified atom stereocenters. The van der Waals surface area contributed by atoms with Crippen LogP contribution in [0.15, 0.2) is 30.5 Å². The van der Waals surface area contributed by atoms with Gasteiger partial charge in [0.1, 0.15) is 24.0 Å². The number of hydrogen-bond acceptors (Lipinski definition) is 7. The standard InChI is InChI=1S/C17H22FN3O4/c1-12-9-14(25-8-7-24-6-5-23-2)10-15(20-12)17(22)21-16-4-3-13(18)11-19-16/h3-4,9-11,17,22H,5-8H2,1-2H3,(H,19,21). The SMILES string of the molecule is COCCOCCOc1cc(C)nc(C(O)Nc2ccc(F)cn2)c1. The van der Waals surface area contributed by atoms with E-state index in [2.05, 4.69) is 15.3 Å². The van der Waals surface area contributed by atoms with Gasteiger partial charge in [0.15, 0.2) is 6.23 Å². The Hall–Kier alpha value is -2.29. The number of rotatable bonds is 10. The molecule has 0 aromatic carbocycles. The van der Waals surface area contributed by atoms with Gasteiger partial charge in [0, 0.05) is 24.9 Å². The Balaban J connectivity index is 1.91. The van der Waals surface area contributed by atoms with Crippen LogP contribution < -0.4 is 10.1 Å². The molecule has 7 nitrogen and oxygen atoms in total. The Morgan fingerprint density at radius 1 is 1.20 bits per heavy atom. The number of nitrogens with zero attached hydrogens (tertiary/aromatic N) is 2. The Labute approximate surface area is 145 Å². The third kappa shape index (κ3) is 6.61. The minimum absolute atomic E-state index is 0.339. The summed E-state index contributed by atoms with van der Waals surface area (Å²) in [4.78, 5) is 8.12. The number of aliphatic hydroxyl groups is 1. The van der Waals surface area contributed by atoms with Crippen LogP contribution in [0.2, 0.25) is 0 Å². The number of hydrogen-bond donors (Lipinski definition) is 2. The first-order valence-electron chi connectivity index (χ1n) is 7.82. The van der Waals surface area contributed by atoms with E-state index in [-0.39, 0.29) is 0 Å². The van der Waals surface area contributed by atoms with Crippen molar-refractivity contribution in [1.82, 2.24) is 9.97 Å². The number of anilines is 1. The fourth-order valence-electron chi connectivity index (χ4n) is 2.02. The summed E-state index contributed by atoms with van der Waals surface area (Å²) in [5.74, 6) is 0.467. The predicted octanol–water partition coefficient (Wildman–Crippen LogP) is 2.07. The van der Waals surface area contributed by atoms with Crippen LogP contribution in [-0.2, 0) is 9.47 Å². The molecule has 0 fully saturated rings. The van der Waals surface area contributed by atoms with E-state index < -0.39 is 12.0 Å². The van der Waals surface area contributed by atoms with Gasteiger partial charge in [0.25, 0.3) is 0 Å². The molecular formula is C17H22FN3O4. The average Bonchev–Trinajstić information content (AvgIpc) is 2.59. The van der Waals surface area contributed by atoms with Crippen LogP contribution in [0.1, 0.15) is 17.6 Å². The molecule has 25 heavy (non-hydrogen) atoms. The number of methoxy groups -OCH3 is 1. The van der Waals surface area contributed by atoms with E-state index in [0.29, 0.717) is 49.4 Å². The lowest BCUT2D eigenvalue weighted by Gasteiger charge is -2.15. The number of ether oxygens (including phenoxy) is 3. The maximum atomic E-state index is 12.9. The Morgan fingerprint density at radius 2 is 2.00 bits per heavy atom. The highest BCUT2D eigenvalue weighted by atomic mass is 19.1. The van der Waals surface area contributed by atoms with Crippen molar-refractivity contribution in [3.8, 4) is 5.75 Å². The molecule has 0 spiro atoms. The number of pyridine rings is 2. The molecular weight excluding hydrogens is 329 g/mol. The zero-order valence-electron chi connectivity index (χ0n) is 14.2. The van der Waals surface area contributed by atoms with Gasteiger partial charge in [-0.2, -0.15) is 0 Å². The van der Waals surface area contributed by atoms with Crippen molar-refractivity contribution in [3.05, 3.63) is 47.7 Å². The Kier molecular flexibility index (Phi) is 7.52. The molecule has 2 heterocycles. The number of halogens is 1. The third-order valence-corrected chi connectivity index (χ3v) is 3.17. The Bertz CT molecular complexity index is 655. The quantitative estimate of drug-likeness (QED) is 0.501. The van der Waals surface area contributed by atoms with Crippen LogP contribution in [-0.4, -0.2) is 48.6 Å². The van der Waals surface area contributed by atoms with Gasteiger partial charge in [-0.1, -0.05) is 0 Å². The number of nitrogens with one attached hydrogen (secondary N) is 1. The van der Waals surface area contributed by atoms with E-state index in [0.717, 1.165) is 6.20 Å². The largest absolute Gasteiger partial charge is 0.491 e. The van der Waals surface area contributed by atoms with Crippen molar-refractivity contribution >= 4 is 5.82 Å². The lowest BCUT2D eigenvalue weighted by molar-refractivity contribution is 0.0543. The van der Waals surface area contributed by atoms with Crippen LogP contribution in [0.3, 0.4) is 0 Å². The molecule has 0 amide bonds. The average molecular weight is 351 g/mol. The zero-order valence-corrected chi connectivity index (χ0v) is 14.2. The molecule has 0 bridgehead atoms. The van der Waals surface area contributed by atoms with Crippen molar-refractivity contribution in [2.24, 2.45) is 0 Å². The smallest absolute Gasteiger partial charge is 0.169 e. The molecule has 0 saturated carbocycles. The van der Waals surface area contributed by atoms with Gasteiger partial charge in [-0.25, -0.2) is 9.37 Å². The number of aliphatic hydroxyl groups excluding tert-OH is 1. The van der Waals surface area contributed by atoms with Gasteiger partial charge in [0.05, 0.1) is 31.7 Å². The second-order valence-electron chi connectivity index (χ2n) is 5.23. The summed E-state index contributed by atoms with van der Waals surface area (Å²) in [7, 11) is 1.61. The lowest BCUT2D eigenvalue weighted by Crippen LogP contribution is -2.14. The summed E-state index contributed by atoms with van der Waals surface area (Å²) < 4.78 is 28.7. The molecule has 2 aromatic heterocycles. The minimum atomic E-state index is -1.10. The summed E-state index contributed by atoms with van der Waals surface area (Å²) in [6.45, 7) is 3.64. The van der Waals surface area contributed by atoms with E-state index in [4.69, 9.17) is 14.2 Å². The van der Waals surface area contributed by atoms with E-state index in [1.165, 1.54) is 12.1 Å². The third-order valence-electron chi connectivity index (χ3n) is 3.17. The van der Waals surface area contributed by atoms with Crippen molar-refractivity contribution < 1.29 is 23.7 Å². The fraction of sp³-hybridized carbons (Fsp3) is 0.412. The molecule has 0 aliphatic rings. The first-order chi connectivity index (χ1) is 12.1. The highest BCUT2D eigenvalue weighted by molar-refractivity contribution is 5.37. The van der Waals surface area contributed by atoms with Gasteiger partial charge < -0.3 is 24.6 Å². The molecule has 2 aromatic rings. The van der Waals surface area contributed by atoms with Gasteiger partial charge in [0.2, 0.25) is 0 Å². The maximum absolute atomic E-state index is 12.9. The van der Waals surface area contributed by atoms with E-state index in [9.17, 15) is 9.50 Å². The Morgan fingerprint density at radius 3 is 2.72 bits per heavy atom. The first kappa shape index (κ1) is 19.0. The molecule has 2 rings (SSSR count). The van der Waals surface area contributed by atoms with Crippen molar-refractivity contribution in [1.29, 1.82) is 0 Å². The van der Waals surface area contributed by atoms with Gasteiger partial charge >= 0.3 is 0 Å². The van der Waals surface area contributed by atoms with E-state index >= 15 is 0 Å². The van der Waals surface area contributed by atoms with Crippen LogP contribution in [0.25, 0.3) is 0 Å². The molecule has 0 radical (unpaired) electrons. The molecule has 136 valence electrons. The fourth-order valence-corrected chi connectivity index (χ4v) is 2.02. The predicted molar refractivity (Wildman–Crippen MR) is 89.9 cm³/mol. The monoisotopic (exact) mass is 351 g/mol. The van der Waals surface area contributed by atoms with Gasteiger partial charge in [-0.3, -0.25) is 4.98 Å². The van der Waals surface area contributed by atoms with Gasteiger partial charge in [-0.15, -0.1) is 0 Å². The molecule has 2 N–H and O–H groups in total. The zero-order chi connectivity index (χ0) is 18.1. The molecule has 1 atom stereocenters. The molecule has 8 heteroatoms. The number of aromatic nitrogens is 2. The first-order valence-corrected chi connectivity index (χ1v) is 7.82.